The zero-order valence-electron chi connectivity index (χ0n) is 10.8. The Hall–Kier alpha value is -1.54. The number of rotatable bonds is 4. The molecule has 0 spiro atoms. The van der Waals surface area contributed by atoms with E-state index in [9.17, 15) is 14.9 Å². The smallest absolute Gasteiger partial charge is 0.271 e. The van der Waals surface area contributed by atoms with Crippen LogP contribution in [-0.2, 0) is 4.79 Å². The number of nitrogens with zero attached hydrogens (tertiary/aromatic N) is 2. The van der Waals surface area contributed by atoms with Crippen molar-refractivity contribution in [2.45, 2.75) is 6.92 Å². The molecule has 0 aliphatic carbocycles. The lowest BCUT2D eigenvalue weighted by atomic mass is 10.2. The fourth-order valence-electron chi connectivity index (χ4n) is 1.57. The molecule has 0 aromatic heterocycles. The summed E-state index contributed by atoms with van der Waals surface area (Å²) in [4.78, 5) is 26.3. The van der Waals surface area contributed by atoms with Crippen LogP contribution in [0.1, 0.15) is 5.56 Å². The Bertz CT molecular complexity index is 575. The molecule has 1 heterocycles. The molecule has 8 heteroatoms. The van der Waals surface area contributed by atoms with E-state index in [1.165, 1.54) is 23.9 Å². The van der Waals surface area contributed by atoms with Gasteiger partial charge in [0.1, 0.15) is 4.38 Å². The molecule has 20 heavy (non-hydrogen) atoms. The number of thioether (sulfide) groups is 2. The molecule has 1 aliphatic rings. The molecular formula is C12H13N3O3S2. The van der Waals surface area contributed by atoms with Crippen LogP contribution in [0.2, 0.25) is 0 Å². The van der Waals surface area contributed by atoms with E-state index in [1.807, 2.05) is 0 Å². The molecule has 1 N–H and O–H groups in total. The minimum atomic E-state index is -0.478. The van der Waals surface area contributed by atoms with Crippen LogP contribution in [0.3, 0.4) is 0 Å². The number of aryl methyl sites for hydroxylation is 1. The third kappa shape index (κ3) is 3.97. The molecule has 0 radical (unpaired) electrons. The zero-order chi connectivity index (χ0) is 14.5. The van der Waals surface area contributed by atoms with Gasteiger partial charge in [0.15, 0.2) is 0 Å². The van der Waals surface area contributed by atoms with Gasteiger partial charge in [-0.1, -0.05) is 29.6 Å². The van der Waals surface area contributed by atoms with Crippen LogP contribution in [0.4, 0.5) is 11.4 Å². The molecule has 0 bridgehead atoms. The van der Waals surface area contributed by atoms with Crippen LogP contribution in [0.25, 0.3) is 0 Å². The van der Waals surface area contributed by atoms with E-state index in [2.05, 4.69) is 10.3 Å². The predicted molar refractivity (Wildman–Crippen MR) is 83.7 cm³/mol. The van der Waals surface area contributed by atoms with Gasteiger partial charge in [0, 0.05) is 17.9 Å². The largest absolute Gasteiger partial charge is 0.325 e. The van der Waals surface area contributed by atoms with Gasteiger partial charge in [0.25, 0.3) is 5.69 Å². The number of nitro benzene ring substituents is 1. The predicted octanol–water partition coefficient (Wildman–Crippen LogP) is 2.68. The second kappa shape index (κ2) is 6.76. The number of hydrogen-bond donors (Lipinski definition) is 1. The lowest BCUT2D eigenvalue weighted by Gasteiger charge is -2.07. The summed E-state index contributed by atoms with van der Waals surface area (Å²) in [7, 11) is 0. The molecule has 1 amide bonds. The van der Waals surface area contributed by atoms with Gasteiger partial charge < -0.3 is 5.32 Å². The van der Waals surface area contributed by atoms with Crippen molar-refractivity contribution in [2.75, 3.05) is 23.4 Å². The van der Waals surface area contributed by atoms with Gasteiger partial charge in [-0.25, -0.2) is 0 Å². The summed E-state index contributed by atoms with van der Waals surface area (Å²) in [6, 6.07) is 4.42. The summed E-state index contributed by atoms with van der Waals surface area (Å²) < 4.78 is 0.927. The van der Waals surface area contributed by atoms with Gasteiger partial charge in [0.2, 0.25) is 5.91 Å². The van der Waals surface area contributed by atoms with Gasteiger partial charge in [-0.2, -0.15) is 0 Å². The van der Waals surface area contributed by atoms with Crippen LogP contribution < -0.4 is 5.32 Å². The number of hydrogen-bond acceptors (Lipinski definition) is 6. The van der Waals surface area contributed by atoms with Crippen LogP contribution >= 0.6 is 23.5 Å². The first-order valence-corrected chi connectivity index (χ1v) is 7.88. The summed E-state index contributed by atoms with van der Waals surface area (Å²) in [6.07, 6.45) is 0. The Morgan fingerprint density at radius 3 is 3.05 bits per heavy atom. The molecule has 0 fully saturated rings. The van der Waals surface area contributed by atoms with E-state index in [1.54, 1.807) is 24.8 Å². The summed E-state index contributed by atoms with van der Waals surface area (Å²) in [5.41, 5.74) is 1.24. The maximum absolute atomic E-state index is 11.8. The van der Waals surface area contributed by atoms with Crippen molar-refractivity contribution in [3.63, 3.8) is 0 Å². The van der Waals surface area contributed by atoms with Gasteiger partial charge in [-0.3, -0.25) is 19.9 Å². The van der Waals surface area contributed by atoms with Gasteiger partial charge in [-0.05, 0) is 12.5 Å². The molecule has 6 nitrogen and oxygen atoms in total. The highest BCUT2D eigenvalue weighted by atomic mass is 32.2. The zero-order valence-corrected chi connectivity index (χ0v) is 12.4. The van der Waals surface area contributed by atoms with E-state index in [0.29, 0.717) is 5.69 Å². The van der Waals surface area contributed by atoms with Crippen molar-refractivity contribution in [1.82, 2.24) is 0 Å². The van der Waals surface area contributed by atoms with E-state index >= 15 is 0 Å². The minimum Gasteiger partial charge on any atom is -0.325 e. The van der Waals surface area contributed by atoms with E-state index in [-0.39, 0.29) is 17.3 Å². The molecule has 0 atom stereocenters. The van der Waals surface area contributed by atoms with Crippen molar-refractivity contribution in [3.8, 4) is 0 Å². The topological polar surface area (TPSA) is 84.6 Å². The Labute approximate surface area is 124 Å². The second-order valence-corrected chi connectivity index (χ2v) is 6.40. The number of aliphatic imine (C=N–C) groups is 1. The van der Waals surface area contributed by atoms with Crippen LogP contribution in [0.5, 0.6) is 0 Å². The number of carbonyl (C=O) groups is 1. The molecule has 1 aliphatic heterocycles. The van der Waals surface area contributed by atoms with E-state index in [0.717, 1.165) is 22.2 Å². The van der Waals surface area contributed by atoms with E-state index in [4.69, 9.17) is 0 Å². The van der Waals surface area contributed by atoms with Crippen molar-refractivity contribution < 1.29 is 9.72 Å². The molecule has 0 saturated carbocycles. The first-order chi connectivity index (χ1) is 9.56. The van der Waals surface area contributed by atoms with Gasteiger partial charge >= 0.3 is 0 Å². The number of non-ortho nitro benzene ring substituents is 1. The summed E-state index contributed by atoms with van der Waals surface area (Å²) in [6.45, 7) is 2.60. The summed E-state index contributed by atoms with van der Waals surface area (Å²) >= 11 is 3.04. The maximum Gasteiger partial charge on any atom is 0.271 e. The lowest BCUT2D eigenvalue weighted by Crippen LogP contribution is -2.15. The van der Waals surface area contributed by atoms with Crippen molar-refractivity contribution >= 4 is 45.2 Å². The maximum atomic E-state index is 11.8. The highest BCUT2D eigenvalue weighted by molar-refractivity contribution is 8.39. The van der Waals surface area contributed by atoms with E-state index < -0.39 is 4.92 Å². The van der Waals surface area contributed by atoms with Crippen molar-refractivity contribution in [2.24, 2.45) is 4.99 Å². The lowest BCUT2D eigenvalue weighted by molar-refractivity contribution is -0.384. The monoisotopic (exact) mass is 311 g/mol. The molecule has 0 saturated heterocycles. The molecular weight excluding hydrogens is 298 g/mol. The number of nitro groups is 1. The highest BCUT2D eigenvalue weighted by Crippen LogP contribution is 2.24. The first-order valence-electron chi connectivity index (χ1n) is 5.91. The average Bonchev–Trinajstić information content (AvgIpc) is 2.92. The van der Waals surface area contributed by atoms with Crippen LogP contribution in [-0.4, -0.2) is 33.3 Å². The van der Waals surface area contributed by atoms with Crippen LogP contribution in [0.15, 0.2) is 23.2 Å². The standard InChI is InChI=1S/C12H13N3O3S2/c1-8-2-3-9(15(17)18)6-10(8)14-11(16)7-20-12-13-4-5-19-12/h2-3,6H,4-5,7H2,1H3,(H,14,16). The average molecular weight is 311 g/mol. The fourth-order valence-corrected chi connectivity index (χ4v) is 3.38. The number of carbonyl (C=O) groups excluding carboxylic acids is 1. The molecule has 0 unspecified atom stereocenters. The number of nitrogens with one attached hydrogen (secondary N) is 1. The highest BCUT2D eigenvalue weighted by Gasteiger charge is 2.13. The number of benzene rings is 1. The molecule has 1 aromatic carbocycles. The summed E-state index contributed by atoms with van der Waals surface area (Å²) in [5.74, 6) is 1.04. The Kier molecular flexibility index (Phi) is 5.02. The van der Waals surface area contributed by atoms with Gasteiger partial charge in [-0.15, -0.1) is 0 Å². The van der Waals surface area contributed by atoms with Gasteiger partial charge in [0.05, 0.1) is 22.9 Å². The van der Waals surface area contributed by atoms with Crippen molar-refractivity contribution in [3.05, 3.63) is 33.9 Å². The fraction of sp³-hybridized carbons (Fsp3) is 0.333. The first kappa shape index (κ1) is 14.9. The number of anilines is 1. The normalized spacial score (nSPS) is 13.9. The van der Waals surface area contributed by atoms with Crippen molar-refractivity contribution in [1.29, 1.82) is 0 Å². The second-order valence-electron chi connectivity index (χ2n) is 4.09. The molecule has 1 aromatic rings. The molecule has 106 valence electrons. The third-order valence-corrected chi connectivity index (χ3v) is 4.84. The SMILES string of the molecule is Cc1ccc([N+](=O)[O-])cc1NC(=O)CSC1=NCCS1. The number of amides is 1. The Morgan fingerprint density at radius 1 is 1.60 bits per heavy atom. The Morgan fingerprint density at radius 2 is 2.40 bits per heavy atom. The van der Waals surface area contributed by atoms with Crippen LogP contribution in [0, 0.1) is 17.0 Å². The molecule has 2 rings (SSSR count). The summed E-state index contributed by atoms with van der Waals surface area (Å²) in [5, 5.41) is 13.4. The quantitative estimate of drug-likeness (QED) is 0.682. The third-order valence-electron chi connectivity index (χ3n) is 2.59. The minimum absolute atomic E-state index is 0.0331. The Balaban J connectivity index is 1.96.